The number of fused-ring (bicyclic) bond motifs is 2. The van der Waals surface area contributed by atoms with Gasteiger partial charge in [0.05, 0.1) is 6.61 Å². The fourth-order valence-electron chi connectivity index (χ4n) is 2.95. The van der Waals surface area contributed by atoms with E-state index in [1.807, 2.05) is 49.4 Å². The molecule has 2 aromatic rings. The molecule has 3 heteroatoms. The molecule has 0 aromatic heterocycles. The van der Waals surface area contributed by atoms with Gasteiger partial charge in [0, 0.05) is 23.1 Å². The van der Waals surface area contributed by atoms with E-state index in [1.165, 1.54) is 17.2 Å². The molecule has 3 rings (SSSR count). The number of rotatable bonds is 5. The summed E-state index contributed by atoms with van der Waals surface area (Å²) in [5, 5.41) is 0. The molecule has 0 bridgehead atoms. The second kappa shape index (κ2) is 7.14. The minimum atomic E-state index is -0.278. The van der Waals surface area contributed by atoms with Crippen LogP contribution in [0, 0.1) is 0 Å². The number of ether oxygens (including phenoxy) is 2. The number of esters is 1. The van der Waals surface area contributed by atoms with Gasteiger partial charge in [0.25, 0.3) is 0 Å². The predicted octanol–water partition coefficient (Wildman–Crippen LogP) is 4.82. The van der Waals surface area contributed by atoms with E-state index in [1.54, 1.807) is 0 Å². The first-order chi connectivity index (χ1) is 11.3. The first kappa shape index (κ1) is 15.3. The molecule has 0 unspecified atom stereocenters. The van der Waals surface area contributed by atoms with Crippen LogP contribution < -0.4 is 4.74 Å². The summed E-state index contributed by atoms with van der Waals surface area (Å²) >= 11 is 0. The van der Waals surface area contributed by atoms with E-state index < -0.39 is 0 Å². The molecule has 1 heterocycles. The molecule has 0 N–H and O–H groups in total. The van der Waals surface area contributed by atoms with Gasteiger partial charge >= 0.3 is 5.97 Å². The van der Waals surface area contributed by atoms with E-state index in [-0.39, 0.29) is 11.9 Å². The van der Waals surface area contributed by atoms with Crippen LogP contribution in [0.2, 0.25) is 0 Å². The van der Waals surface area contributed by atoms with Crippen molar-refractivity contribution < 1.29 is 14.3 Å². The molecule has 2 aromatic carbocycles. The largest absolute Gasteiger partial charge is 0.463 e. The summed E-state index contributed by atoms with van der Waals surface area (Å²) in [6, 6.07) is 16.3. The number of benzene rings is 2. The molecule has 3 nitrogen and oxygen atoms in total. The van der Waals surface area contributed by atoms with E-state index in [0.717, 1.165) is 24.3 Å². The first-order valence-corrected chi connectivity index (χ1v) is 7.98. The van der Waals surface area contributed by atoms with Crippen LogP contribution in [0.4, 0.5) is 0 Å². The average molecular weight is 308 g/mol. The van der Waals surface area contributed by atoms with E-state index in [2.05, 4.69) is 12.1 Å². The fraction of sp³-hybridized carbons (Fsp3) is 0.250. The third-order valence-corrected chi connectivity index (χ3v) is 3.97. The number of carbonyl (C=O) groups excluding carboxylic acids is 1. The normalized spacial score (nSPS) is 13.3. The van der Waals surface area contributed by atoms with Crippen molar-refractivity contribution in [1.29, 1.82) is 0 Å². The number of carbonyl (C=O) groups is 1. The van der Waals surface area contributed by atoms with Crippen molar-refractivity contribution in [2.24, 2.45) is 0 Å². The Bertz CT molecular complexity index is 673. The number of para-hydroxylation sites is 2. The van der Waals surface area contributed by atoms with Crippen molar-refractivity contribution in [3.63, 3.8) is 0 Å². The number of hydrogen-bond donors (Lipinski definition) is 0. The number of hydrogen-bond acceptors (Lipinski definition) is 3. The molecule has 1 aliphatic rings. The Morgan fingerprint density at radius 1 is 1.09 bits per heavy atom. The summed E-state index contributed by atoms with van der Waals surface area (Å²) in [6.45, 7) is 2.21. The lowest BCUT2D eigenvalue weighted by Gasteiger charge is -2.28. The second-order valence-corrected chi connectivity index (χ2v) is 5.46. The van der Waals surface area contributed by atoms with Crippen molar-refractivity contribution in [1.82, 2.24) is 0 Å². The average Bonchev–Trinajstić information content (AvgIpc) is 2.58. The molecule has 1 aliphatic heterocycles. The van der Waals surface area contributed by atoms with E-state index >= 15 is 0 Å². The van der Waals surface area contributed by atoms with Gasteiger partial charge in [-0.05, 0) is 31.9 Å². The van der Waals surface area contributed by atoms with Crippen LogP contribution >= 0.6 is 0 Å². The quantitative estimate of drug-likeness (QED) is 0.586. The molecule has 0 atom stereocenters. The SMILES string of the molecule is CCOC(=O)/C=C\CCC1c2ccccc2Oc2ccccc21. The highest BCUT2D eigenvalue weighted by Gasteiger charge is 2.25. The van der Waals surface area contributed by atoms with Gasteiger partial charge in [0.2, 0.25) is 0 Å². The zero-order valence-electron chi connectivity index (χ0n) is 13.2. The summed E-state index contributed by atoms with van der Waals surface area (Å²) in [5.41, 5.74) is 2.41. The zero-order chi connectivity index (χ0) is 16.1. The molecule has 0 radical (unpaired) electrons. The molecular formula is C20H20O3. The van der Waals surface area contributed by atoms with Gasteiger partial charge in [-0.15, -0.1) is 0 Å². The molecule has 0 fully saturated rings. The Morgan fingerprint density at radius 2 is 1.70 bits per heavy atom. The molecule has 0 saturated heterocycles. The van der Waals surface area contributed by atoms with E-state index in [4.69, 9.17) is 9.47 Å². The minimum absolute atomic E-state index is 0.278. The summed E-state index contributed by atoms with van der Waals surface area (Å²) in [7, 11) is 0. The number of allylic oxidation sites excluding steroid dienone is 1. The second-order valence-electron chi connectivity index (χ2n) is 5.46. The van der Waals surface area contributed by atoms with Gasteiger partial charge in [-0.25, -0.2) is 4.79 Å². The lowest BCUT2D eigenvalue weighted by molar-refractivity contribution is -0.137. The van der Waals surface area contributed by atoms with Crippen LogP contribution in [-0.2, 0) is 9.53 Å². The topological polar surface area (TPSA) is 35.5 Å². The molecule has 0 spiro atoms. The van der Waals surface area contributed by atoms with Gasteiger partial charge in [-0.2, -0.15) is 0 Å². The Hall–Kier alpha value is -2.55. The van der Waals surface area contributed by atoms with E-state index in [9.17, 15) is 4.79 Å². The smallest absolute Gasteiger partial charge is 0.330 e. The highest BCUT2D eigenvalue weighted by molar-refractivity contribution is 5.81. The Morgan fingerprint density at radius 3 is 2.30 bits per heavy atom. The van der Waals surface area contributed by atoms with Gasteiger partial charge < -0.3 is 9.47 Å². The summed E-state index contributed by atoms with van der Waals surface area (Å²) < 4.78 is 10.9. The zero-order valence-corrected chi connectivity index (χ0v) is 13.2. The first-order valence-electron chi connectivity index (χ1n) is 7.98. The molecule has 0 aliphatic carbocycles. The van der Waals surface area contributed by atoms with Gasteiger partial charge in [0.15, 0.2) is 0 Å². The van der Waals surface area contributed by atoms with Crippen LogP contribution in [-0.4, -0.2) is 12.6 Å². The van der Waals surface area contributed by atoms with Crippen molar-refractivity contribution in [3.8, 4) is 11.5 Å². The minimum Gasteiger partial charge on any atom is -0.463 e. The third-order valence-electron chi connectivity index (χ3n) is 3.97. The van der Waals surface area contributed by atoms with E-state index in [0.29, 0.717) is 6.61 Å². The van der Waals surface area contributed by atoms with Crippen LogP contribution in [0.15, 0.2) is 60.7 Å². The van der Waals surface area contributed by atoms with Crippen molar-refractivity contribution in [2.75, 3.05) is 6.61 Å². The van der Waals surface area contributed by atoms with Crippen LogP contribution in [0.3, 0.4) is 0 Å². The third kappa shape index (κ3) is 3.45. The maximum Gasteiger partial charge on any atom is 0.330 e. The van der Waals surface area contributed by atoms with Crippen molar-refractivity contribution in [3.05, 3.63) is 71.8 Å². The van der Waals surface area contributed by atoms with Crippen LogP contribution in [0.5, 0.6) is 11.5 Å². The summed E-state index contributed by atoms with van der Waals surface area (Å²) in [5.74, 6) is 1.85. The molecule has 0 amide bonds. The molecule has 23 heavy (non-hydrogen) atoms. The maximum absolute atomic E-state index is 11.4. The highest BCUT2D eigenvalue weighted by Crippen LogP contribution is 2.45. The van der Waals surface area contributed by atoms with Crippen LogP contribution in [0.25, 0.3) is 0 Å². The molecular weight excluding hydrogens is 288 g/mol. The van der Waals surface area contributed by atoms with Gasteiger partial charge in [0.1, 0.15) is 11.5 Å². The maximum atomic E-state index is 11.4. The monoisotopic (exact) mass is 308 g/mol. The fourth-order valence-corrected chi connectivity index (χ4v) is 2.95. The summed E-state index contributed by atoms with van der Waals surface area (Å²) in [4.78, 5) is 11.4. The lowest BCUT2D eigenvalue weighted by atomic mass is 9.85. The molecule has 0 saturated carbocycles. The summed E-state index contributed by atoms with van der Waals surface area (Å²) in [6.07, 6.45) is 5.14. The van der Waals surface area contributed by atoms with Crippen LogP contribution in [0.1, 0.15) is 36.8 Å². The Balaban J connectivity index is 1.77. The lowest BCUT2D eigenvalue weighted by Crippen LogP contribution is -2.10. The van der Waals surface area contributed by atoms with Crippen molar-refractivity contribution >= 4 is 5.97 Å². The molecule has 118 valence electrons. The standard InChI is InChI=1S/C20H20O3/c1-2-22-20(21)14-8-5-9-15-16-10-3-6-12-18(16)23-19-13-7-4-11-17(15)19/h3-4,6-8,10-15H,2,5,9H2,1H3/b14-8-. The van der Waals surface area contributed by atoms with Gasteiger partial charge in [-0.1, -0.05) is 42.5 Å². The Kier molecular flexibility index (Phi) is 4.77. The van der Waals surface area contributed by atoms with Gasteiger partial charge in [-0.3, -0.25) is 0 Å². The highest BCUT2D eigenvalue weighted by atomic mass is 16.5. The van der Waals surface area contributed by atoms with Crippen molar-refractivity contribution in [2.45, 2.75) is 25.7 Å². The predicted molar refractivity (Wildman–Crippen MR) is 89.8 cm³/mol. The Labute approximate surface area is 136 Å².